The minimum atomic E-state index is -0.251. The third-order valence-electron chi connectivity index (χ3n) is 5.05. The van der Waals surface area contributed by atoms with Gasteiger partial charge in [0, 0.05) is 17.3 Å². The van der Waals surface area contributed by atoms with Crippen molar-refractivity contribution in [1.82, 2.24) is 25.0 Å². The summed E-state index contributed by atoms with van der Waals surface area (Å²) >= 11 is 1.62. The van der Waals surface area contributed by atoms with Gasteiger partial charge in [-0.05, 0) is 44.2 Å². The monoisotopic (exact) mass is 456 g/mol. The van der Waals surface area contributed by atoms with Crippen LogP contribution in [0.3, 0.4) is 0 Å². The lowest BCUT2D eigenvalue weighted by Crippen LogP contribution is -2.13. The minimum Gasteiger partial charge on any atom is -0.477 e. The number of amides is 1. The molecule has 0 saturated carbocycles. The van der Waals surface area contributed by atoms with Crippen LogP contribution in [-0.4, -0.2) is 37.5 Å². The molecular formula is C24H20N6O2S. The second kappa shape index (κ2) is 8.79. The molecule has 0 unspecified atom stereocenters. The standard InChI is InChI=1S/C24H20N6O2S/c1-3-32-22-12-11-21(28-29-22)30-15(2)18(14-25-30)23(31)26-17-8-6-7-16(13-17)24-27-19-9-4-5-10-20(19)33-24/h4-14H,3H2,1-2H3,(H,26,31). The molecule has 3 aromatic heterocycles. The van der Waals surface area contributed by atoms with Gasteiger partial charge in [0.15, 0.2) is 5.82 Å². The van der Waals surface area contributed by atoms with Crippen LogP contribution in [0.25, 0.3) is 26.6 Å². The molecule has 5 aromatic rings. The predicted octanol–water partition coefficient (Wildman–Crippen LogP) is 4.90. The Morgan fingerprint density at radius 1 is 1.09 bits per heavy atom. The second-order valence-corrected chi connectivity index (χ2v) is 8.27. The van der Waals surface area contributed by atoms with Crippen molar-refractivity contribution < 1.29 is 9.53 Å². The summed E-state index contributed by atoms with van der Waals surface area (Å²) < 4.78 is 8.03. The van der Waals surface area contributed by atoms with E-state index in [9.17, 15) is 4.79 Å². The number of carbonyl (C=O) groups excluding carboxylic acids is 1. The molecule has 0 atom stereocenters. The van der Waals surface area contributed by atoms with Gasteiger partial charge in [0.25, 0.3) is 5.91 Å². The zero-order valence-electron chi connectivity index (χ0n) is 18.0. The first-order valence-electron chi connectivity index (χ1n) is 10.4. The van der Waals surface area contributed by atoms with Crippen LogP contribution in [0.1, 0.15) is 23.0 Å². The van der Waals surface area contributed by atoms with Crippen LogP contribution in [0.5, 0.6) is 5.88 Å². The smallest absolute Gasteiger partial charge is 0.259 e. The van der Waals surface area contributed by atoms with Gasteiger partial charge < -0.3 is 10.1 Å². The Hall–Kier alpha value is -4.11. The van der Waals surface area contributed by atoms with E-state index in [1.54, 1.807) is 28.2 Å². The molecule has 1 amide bonds. The van der Waals surface area contributed by atoms with Crippen LogP contribution in [0, 0.1) is 6.92 Å². The highest BCUT2D eigenvalue weighted by Crippen LogP contribution is 2.31. The van der Waals surface area contributed by atoms with Gasteiger partial charge in [-0.1, -0.05) is 24.3 Å². The zero-order chi connectivity index (χ0) is 22.8. The fourth-order valence-corrected chi connectivity index (χ4v) is 4.40. The number of fused-ring (bicyclic) bond motifs is 1. The van der Waals surface area contributed by atoms with Crippen molar-refractivity contribution in [3.05, 3.63) is 78.1 Å². The average molecular weight is 457 g/mol. The van der Waals surface area contributed by atoms with E-state index in [0.717, 1.165) is 20.8 Å². The second-order valence-electron chi connectivity index (χ2n) is 7.24. The van der Waals surface area contributed by atoms with Crippen LogP contribution in [0.15, 0.2) is 66.9 Å². The molecule has 164 valence electrons. The van der Waals surface area contributed by atoms with Gasteiger partial charge in [-0.2, -0.15) is 5.10 Å². The Bertz CT molecular complexity index is 1410. The highest BCUT2D eigenvalue weighted by molar-refractivity contribution is 7.21. The van der Waals surface area contributed by atoms with E-state index in [1.807, 2.05) is 56.3 Å². The van der Waals surface area contributed by atoms with Gasteiger partial charge in [0.05, 0.1) is 34.3 Å². The quantitative estimate of drug-likeness (QED) is 0.391. The molecule has 1 N–H and O–H groups in total. The van der Waals surface area contributed by atoms with Crippen LogP contribution in [0.2, 0.25) is 0 Å². The molecular weight excluding hydrogens is 436 g/mol. The number of nitrogens with zero attached hydrogens (tertiary/aromatic N) is 5. The number of hydrogen-bond acceptors (Lipinski definition) is 7. The Balaban J connectivity index is 1.36. The summed E-state index contributed by atoms with van der Waals surface area (Å²) in [5.41, 5.74) is 3.72. The van der Waals surface area contributed by atoms with Crippen molar-refractivity contribution in [1.29, 1.82) is 0 Å². The number of carbonyl (C=O) groups is 1. The average Bonchev–Trinajstić information content (AvgIpc) is 3.44. The summed E-state index contributed by atoms with van der Waals surface area (Å²) in [5.74, 6) is 0.698. The van der Waals surface area contributed by atoms with Crippen molar-refractivity contribution in [2.75, 3.05) is 11.9 Å². The van der Waals surface area contributed by atoms with E-state index in [2.05, 4.69) is 26.7 Å². The molecule has 2 aromatic carbocycles. The highest BCUT2D eigenvalue weighted by Gasteiger charge is 2.17. The fourth-order valence-electron chi connectivity index (χ4n) is 3.44. The highest BCUT2D eigenvalue weighted by atomic mass is 32.1. The van der Waals surface area contributed by atoms with E-state index in [-0.39, 0.29) is 5.91 Å². The lowest BCUT2D eigenvalue weighted by molar-refractivity contribution is 0.102. The van der Waals surface area contributed by atoms with E-state index >= 15 is 0 Å². The molecule has 0 spiro atoms. The number of hydrogen-bond donors (Lipinski definition) is 1. The van der Waals surface area contributed by atoms with E-state index in [4.69, 9.17) is 9.72 Å². The maximum atomic E-state index is 13.0. The molecule has 0 radical (unpaired) electrons. The molecule has 33 heavy (non-hydrogen) atoms. The topological polar surface area (TPSA) is 94.8 Å². The number of thiazole rings is 1. The maximum Gasteiger partial charge on any atom is 0.259 e. The Morgan fingerprint density at radius 3 is 2.76 bits per heavy atom. The molecule has 9 heteroatoms. The molecule has 3 heterocycles. The number of nitrogens with one attached hydrogen (secondary N) is 1. The number of aromatic nitrogens is 5. The number of benzene rings is 2. The summed E-state index contributed by atoms with van der Waals surface area (Å²) in [5, 5.41) is 16.3. The van der Waals surface area contributed by atoms with Crippen molar-refractivity contribution in [3.8, 4) is 22.3 Å². The van der Waals surface area contributed by atoms with E-state index < -0.39 is 0 Å². The Labute approximate surface area is 193 Å². The lowest BCUT2D eigenvalue weighted by Gasteiger charge is -2.07. The Morgan fingerprint density at radius 2 is 1.97 bits per heavy atom. The van der Waals surface area contributed by atoms with Crippen LogP contribution in [0.4, 0.5) is 5.69 Å². The van der Waals surface area contributed by atoms with Crippen molar-refractivity contribution >= 4 is 33.1 Å². The van der Waals surface area contributed by atoms with Crippen LogP contribution in [-0.2, 0) is 0 Å². The molecule has 5 rings (SSSR count). The summed E-state index contributed by atoms with van der Waals surface area (Å²) in [7, 11) is 0. The normalized spacial score (nSPS) is 11.0. The Kier molecular flexibility index (Phi) is 5.54. The number of rotatable bonds is 6. The van der Waals surface area contributed by atoms with Gasteiger partial charge in [0.1, 0.15) is 5.01 Å². The summed E-state index contributed by atoms with van der Waals surface area (Å²) in [6.07, 6.45) is 1.53. The molecule has 0 saturated heterocycles. The summed E-state index contributed by atoms with van der Waals surface area (Å²) in [6.45, 7) is 4.21. The van der Waals surface area contributed by atoms with Gasteiger partial charge in [-0.15, -0.1) is 21.5 Å². The van der Waals surface area contributed by atoms with Gasteiger partial charge in [0.2, 0.25) is 5.88 Å². The first kappa shape index (κ1) is 20.8. The molecule has 0 aliphatic rings. The van der Waals surface area contributed by atoms with E-state index in [0.29, 0.717) is 35.2 Å². The summed E-state index contributed by atoms with van der Waals surface area (Å²) in [6, 6.07) is 19.2. The third kappa shape index (κ3) is 4.18. The van der Waals surface area contributed by atoms with Crippen molar-refractivity contribution in [2.45, 2.75) is 13.8 Å². The minimum absolute atomic E-state index is 0.251. The molecule has 0 bridgehead atoms. The largest absolute Gasteiger partial charge is 0.477 e. The third-order valence-corrected chi connectivity index (χ3v) is 6.14. The molecule has 0 aliphatic heterocycles. The number of ether oxygens (including phenoxy) is 1. The fraction of sp³-hybridized carbons (Fsp3) is 0.125. The van der Waals surface area contributed by atoms with Gasteiger partial charge >= 0.3 is 0 Å². The SMILES string of the molecule is CCOc1ccc(-n2ncc(C(=O)Nc3cccc(-c4nc5ccccc5s4)c3)c2C)nn1. The zero-order valence-corrected chi connectivity index (χ0v) is 18.8. The molecule has 8 nitrogen and oxygen atoms in total. The maximum absolute atomic E-state index is 13.0. The first-order chi connectivity index (χ1) is 16.1. The van der Waals surface area contributed by atoms with Crippen molar-refractivity contribution in [2.24, 2.45) is 0 Å². The lowest BCUT2D eigenvalue weighted by atomic mass is 10.2. The van der Waals surface area contributed by atoms with Gasteiger partial charge in [-0.3, -0.25) is 4.79 Å². The number of anilines is 1. The first-order valence-corrected chi connectivity index (χ1v) is 11.2. The van der Waals surface area contributed by atoms with Crippen molar-refractivity contribution in [3.63, 3.8) is 0 Å². The predicted molar refractivity (Wildman–Crippen MR) is 128 cm³/mol. The van der Waals surface area contributed by atoms with Crippen LogP contribution >= 0.6 is 11.3 Å². The van der Waals surface area contributed by atoms with Gasteiger partial charge in [-0.25, -0.2) is 9.67 Å². The molecule has 0 fully saturated rings. The van der Waals surface area contributed by atoms with Crippen LogP contribution < -0.4 is 10.1 Å². The summed E-state index contributed by atoms with van der Waals surface area (Å²) in [4.78, 5) is 17.7. The molecule has 0 aliphatic carbocycles. The van der Waals surface area contributed by atoms with E-state index in [1.165, 1.54) is 6.20 Å². The number of para-hydroxylation sites is 1.